The number of sulfonamides is 1. The molecule has 1 fully saturated rings. The summed E-state index contributed by atoms with van der Waals surface area (Å²) >= 11 is 0. The molecule has 2 aliphatic rings. The number of carbonyl (C=O) groups excluding carboxylic acids is 1. The Hall–Kier alpha value is -1.96. The molecule has 6 nitrogen and oxygen atoms in total. The Morgan fingerprint density at radius 3 is 2.38 bits per heavy atom. The lowest BCUT2D eigenvalue weighted by molar-refractivity contribution is 0.0994. The van der Waals surface area contributed by atoms with E-state index in [4.69, 9.17) is 0 Å². The Morgan fingerprint density at radius 1 is 1.10 bits per heavy atom. The molecule has 0 aliphatic carbocycles. The predicted molar refractivity (Wildman–Crippen MR) is 116 cm³/mol. The van der Waals surface area contributed by atoms with Crippen molar-refractivity contribution >= 4 is 32.4 Å². The van der Waals surface area contributed by atoms with Gasteiger partial charge in [-0.25, -0.2) is 13.1 Å². The molecular weight excluding hydrogens is 386 g/mol. The monoisotopic (exact) mass is 415 g/mol. The minimum Gasteiger partial charge on any atom is -0.308 e. The summed E-state index contributed by atoms with van der Waals surface area (Å²) in [4.78, 5) is 14.6. The molecule has 2 aliphatic heterocycles. The van der Waals surface area contributed by atoms with Gasteiger partial charge >= 0.3 is 0 Å². The van der Waals surface area contributed by atoms with Crippen molar-refractivity contribution in [1.29, 1.82) is 0 Å². The van der Waals surface area contributed by atoms with E-state index in [1.54, 1.807) is 35.2 Å². The van der Waals surface area contributed by atoms with E-state index in [1.807, 2.05) is 6.92 Å². The minimum absolute atomic E-state index is 0.0718. The normalized spacial score (nSPS) is 21.1. The fourth-order valence-corrected chi connectivity index (χ4v) is 6.70. The predicted octanol–water partition coefficient (Wildman–Crippen LogP) is 3.41. The van der Waals surface area contributed by atoms with Gasteiger partial charge in [0.2, 0.25) is 10.0 Å². The topological polar surface area (TPSA) is 78.5 Å². The third-order valence-corrected chi connectivity index (χ3v) is 7.44. The van der Waals surface area contributed by atoms with Crippen LogP contribution in [0.3, 0.4) is 0 Å². The minimum atomic E-state index is -3.74. The lowest BCUT2D eigenvalue weighted by Gasteiger charge is -2.46. The van der Waals surface area contributed by atoms with Crippen LogP contribution >= 0.6 is 0 Å². The summed E-state index contributed by atoms with van der Waals surface area (Å²) in [6.45, 7) is 10.9. The van der Waals surface area contributed by atoms with Gasteiger partial charge in [-0.15, -0.1) is 0 Å². The highest BCUT2D eigenvalue weighted by atomic mass is 32.2. The van der Waals surface area contributed by atoms with Gasteiger partial charge in [-0.1, -0.05) is 12.1 Å². The summed E-state index contributed by atoms with van der Waals surface area (Å²) in [7, 11) is -3.74. The van der Waals surface area contributed by atoms with Gasteiger partial charge in [0.15, 0.2) is 0 Å². The van der Waals surface area contributed by atoms with E-state index in [1.165, 1.54) is 0 Å². The van der Waals surface area contributed by atoms with Crippen LogP contribution in [-0.4, -0.2) is 38.0 Å². The molecule has 2 aromatic carbocycles. The molecule has 2 aromatic rings. The van der Waals surface area contributed by atoms with Gasteiger partial charge in [-0.3, -0.25) is 4.79 Å². The van der Waals surface area contributed by atoms with Crippen molar-refractivity contribution < 1.29 is 13.2 Å². The highest BCUT2D eigenvalue weighted by Gasteiger charge is 2.40. The fourth-order valence-electron chi connectivity index (χ4n) is 5.26. The molecule has 0 radical (unpaired) electrons. The van der Waals surface area contributed by atoms with Crippen molar-refractivity contribution in [2.24, 2.45) is 0 Å². The molecule has 0 unspecified atom stereocenters. The average Bonchev–Trinajstić information content (AvgIpc) is 2.85. The first-order valence-corrected chi connectivity index (χ1v) is 11.6. The van der Waals surface area contributed by atoms with Crippen LogP contribution < -0.4 is 14.9 Å². The van der Waals surface area contributed by atoms with Crippen molar-refractivity contribution in [3.05, 3.63) is 35.9 Å². The number of amides is 1. The van der Waals surface area contributed by atoms with Crippen molar-refractivity contribution in [3.63, 3.8) is 0 Å². The first-order chi connectivity index (χ1) is 13.4. The van der Waals surface area contributed by atoms with Gasteiger partial charge in [0.05, 0.1) is 10.6 Å². The SMILES string of the molecule is CCN1C(=O)c2cccc3c(S(=O)(=O)NC4CC(C)(C)NC(C)(C)C4)ccc1c23. The van der Waals surface area contributed by atoms with Gasteiger partial charge in [-0.2, -0.15) is 0 Å². The number of benzene rings is 2. The molecule has 1 saturated heterocycles. The molecular formula is C22H29N3O3S. The number of hydrogen-bond acceptors (Lipinski definition) is 4. The van der Waals surface area contributed by atoms with Gasteiger partial charge in [0, 0.05) is 40.0 Å². The summed E-state index contributed by atoms with van der Waals surface area (Å²) in [5.41, 5.74) is 1.03. The third kappa shape index (κ3) is 3.45. The summed E-state index contributed by atoms with van der Waals surface area (Å²) in [5, 5.41) is 4.91. The maximum atomic E-state index is 13.4. The summed E-state index contributed by atoms with van der Waals surface area (Å²) in [6, 6.07) is 8.54. The lowest BCUT2D eigenvalue weighted by atomic mass is 9.80. The molecule has 1 amide bonds. The van der Waals surface area contributed by atoms with Crippen LogP contribution in [0.25, 0.3) is 10.8 Å². The van der Waals surface area contributed by atoms with Crippen LogP contribution in [0.15, 0.2) is 35.2 Å². The number of nitrogens with one attached hydrogen (secondary N) is 2. The number of carbonyl (C=O) groups is 1. The maximum Gasteiger partial charge on any atom is 0.258 e. The first-order valence-electron chi connectivity index (χ1n) is 10.1. The fraction of sp³-hybridized carbons (Fsp3) is 0.500. The standard InChI is InChI=1S/C22H29N3O3S/c1-6-25-17-10-11-18(15-8-7-9-16(19(15)17)20(25)26)29(27,28)23-14-12-21(2,3)24-22(4,5)13-14/h7-11,14,23-24H,6,12-13H2,1-5H3. The molecule has 156 valence electrons. The van der Waals surface area contributed by atoms with E-state index in [-0.39, 0.29) is 27.9 Å². The number of anilines is 1. The Balaban J connectivity index is 1.76. The lowest BCUT2D eigenvalue weighted by Crippen LogP contribution is -2.62. The molecule has 4 rings (SSSR count). The van der Waals surface area contributed by atoms with Crippen LogP contribution in [0.5, 0.6) is 0 Å². The Kier molecular flexibility index (Phi) is 4.57. The zero-order valence-electron chi connectivity index (χ0n) is 17.7. The Morgan fingerprint density at radius 2 is 1.76 bits per heavy atom. The van der Waals surface area contributed by atoms with Gasteiger partial charge in [0.25, 0.3) is 5.91 Å². The van der Waals surface area contributed by atoms with Crippen LogP contribution in [0.2, 0.25) is 0 Å². The van der Waals surface area contributed by atoms with Crippen molar-refractivity contribution in [1.82, 2.24) is 10.0 Å². The third-order valence-electron chi connectivity index (χ3n) is 5.86. The van der Waals surface area contributed by atoms with E-state index in [0.717, 1.165) is 11.1 Å². The summed E-state index contributed by atoms with van der Waals surface area (Å²) < 4.78 is 29.7. The maximum absolute atomic E-state index is 13.4. The van der Waals surface area contributed by atoms with Crippen LogP contribution in [-0.2, 0) is 10.0 Å². The summed E-state index contributed by atoms with van der Waals surface area (Å²) in [6.07, 6.45) is 1.41. The van der Waals surface area contributed by atoms with Crippen molar-refractivity contribution in [2.45, 2.75) is 69.5 Å². The molecule has 2 N–H and O–H groups in total. The van der Waals surface area contributed by atoms with Crippen LogP contribution in [0, 0.1) is 0 Å². The average molecular weight is 416 g/mol. The van der Waals surface area contributed by atoms with E-state index < -0.39 is 10.0 Å². The van der Waals surface area contributed by atoms with Crippen LogP contribution in [0.1, 0.15) is 57.8 Å². The second-order valence-corrected chi connectivity index (χ2v) is 11.2. The second-order valence-electron chi connectivity index (χ2n) is 9.48. The zero-order chi connectivity index (χ0) is 21.2. The molecule has 7 heteroatoms. The first kappa shape index (κ1) is 20.3. The van der Waals surface area contributed by atoms with Gasteiger partial charge < -0.3 is 10.2 Å². The van der Waals surface area contributed by atoms with Crippen molar-refractivity contribution in [3.8, 4) is 0 Å². The van der Waals surface area contributed by atoms with Crippen molar-refractivity contribution in [2.75, 3.05) is 11.4 Å². The molecule has 0 saturated carbocycles. The van der Waals surface area contributed by atoms with E-state index in [2.05, 4.69) is 37.7 Å². The number of rotatable bonds is 4. The number of piperidine rings is 1. The second kappa shape index (κ2) is 6.52. The molecule has 2 heterocycles. The van der Waals surface area contributed by atoms with Gasteiger partial charge in [0.1, 0.15) is 0 Å². The number of hydrogen-bond donors (Lipinski definition) is 2. The van der Waals surface area contributed by atoms with E-state index in [0.29, 0.717) is 30.3 Å². The quantitative estimate of drug-likeness (QED) is 0.802. The molecule has 0 spiro atoms. The Labute approximate surface area is 172 Å². The van der Waals surface area contributed by atoms with Gasteiger partial charge in [-0.05, 0) is 65.7 Å². The molecule has 0 atom stereocenters. The molecule has 0 aromatic heterocycles. The highest BCUT2D eigenvalue weighted by Crippen LogP contribution is 2.40. The number of nitrogens with zero attached hydrogens (tertiary/aromatic N) is 1. The summed E-state index contributed by atoms with van der Waals surface area (Å²) in [5.74, 6) is -0.0718. The highest BCUT2D eigenvalue weighted by molar-refractivity contribution is 7.89. The molecule has 0 bridgehead atoms. The van der Waals surface area contributed by atoms with Crippen LogP contribution in [0.4, 0.5) is 5.69 Å². The molecule has 29 heavy (non-hydrogen) atoms. The van der Waals surface area contributed by atoms with E-state index >= 15 is 0 Å². The Bertz CT molecular complexity index is 1090. The largest absolute Gasteiger partial charge is 0.308 e. The zero-order valence-corrected chi connectivity index (χ0v) is 18.5. The van der Waals surface area contributed by atoms with E-state index in [9.17, 15) is 13.2 Å². The smallest absolute Gasteiger partial charge is 0.258 e.